The minimum atomic E-state index is 0.775. The van der Waals surface area contributed by atoms with E-state index in [1.807, 2.05) is 29.4 Å². The fourth-order valence-corrected chi connectivity index (χ4v) is 3.10. The standard InChI is InChI=1S/C11H11BrN4S/c1-7-8(2)16(6-13-7)10-9(5-12)15-3-4-17-11(15)14-10/h3-4,6H,5H2,1-2H3. The molecular formula is C11H11BrN4S. The number of imidazole rings is 2. The summed E-state index contributed by atoms with van der Waals surface area (Å²) in [7, 11) is 0. The molecule has 0 aliphatic carbocycles. The van der Waals surface area contributed by atoms with Gasteiger partial charge in [0.25, 0.3) is 0 Å². The highest BCUT2D eigenvalue weighted by Gasteiger charge is 2.15. The lowest BCUT2D eigenvalue weighted by Crippen LogP contribution is -2.00. The van der Waals surface area contributed by atoms with Crippen LogP contribution in [0.2, 0.25) is 0 Å². The molecule has 0 unspecified atom stereocenters. The van der Waals surface area contributed by atoms with Crippen molar-refractivity contribution in [3.05, 3.63) is 35.0 Å². The number of thiazole rings is 1. The average Bonchev–Trinajstić information content (AvgIpc) is 2.95. The van der Waals surface area contributed by atoms with Crippen LogP contribution in [0.3, 0.4) is 0 Å². The molecule has 0 N–H and O–H groups in total. The van der Waals surface area contributed by atoms with E-state index >= 15 is 0 Å². The van der Waals surface area contributed by atoms with Crippen molar-refractivity contribution in [2.75, 3.05) is 0 Å². The lowest BCUT2D eigenvalue weighted by Gasteiger charge is -2.03. The number of rotatable bonds is 2. The second-order valence-corrected chi connectivity index (χ2v) is 5.29. The summed E-state index contributed by atoms with van der Waals surface area (Å²) < 4.78 is 4.16. The first-order chi connectivity index (χ1) is 8.22. The lowest BCUT2D eigenvalue weighted by atomic mass is 10.3. The summed E-state index contributed by atoms with van der Waals surface area (Å²) in [5.41, 5.74) is 3.33. The van der Waals surface area contributed by atoms with Crippen LogP contribution in [0.25, 0.3) is 10.8 Å². The Morgan fingerprint density at radius 1 is 1.41 bits per heavy atom. The smallest absolute Gasteiger partial charge is 0.195 e. The third kappa shape index (κ3) is 1.55. The molecule has 4 nitrogen and oxygen atoms in total. The van der Waals surface area contributed by atoms with E-state index in [4.69, 9.17) is 0 Å². The number of aromatic nitrogens is 4. The van der Waals surface area contributed by atoms with Gasteiger partial charge in [-0.25, -0.2) is 9.97 Å². The molecule has 3 heterocycles. The summed E-state index contributed by atoms with van der Waals surface area (Å²) in [6.45, 7) is 4.08. The van der Waals surface area contributed by atoms with Crippen LogP contribution in [0.5, 0.6) is 0 Å². The summed E-state index contributed by atoms with van der Waals surface area (Å²) in [5.74, 6) is 0.965. The van der Waals surface area contributed by atoms with Gasteiger partial charge in [0.1, 0.15) is 6.33 Å². The molecule has 0 atom stereocenters. The molecule has 0 aromatic carbocycles. The Morgan fingerprint density at radius 3 is 2.88 bits per heavy atom. The molecule has 0 radical (unpaired) electrons. The Kier molecular flexibility index (Phi) is 2.56. The van der Waals surface area contributed by atoms with Crippen LogP contribution in [-0.2, 0) is 5.33 Å². The van der Waals surface area contributed by atoms with E-state index in [0.29, 0.717) is 0 Å². The first kappa shape index (κ1) is 11.0. The van der Waals surface area contributed by atoms with Gasteiger partial charge in [0.15, 0.2) is 10.8 Å². The second-order valence-electron chi connectivity index (χ2n) is 3.86. The minimum Gasteiger partial charge on any atom is -0.292 e. The van der Waals surface area contributed by atoms with Crippen molar-refractivity contribution < 1.29 is 0 Å². The first-order valence-corrected chi connectivity index (χ1v) is 7.23. The van der Waals surface area contributed by atoms with Crippen molar-refractivity contribution in [3.8, 4) is 5.82 Å². The molecule has 88 valence electrons. The zero-order chi connectivity index (χ0) is 12.0. The Balaban J connectivity index is 2.29. The maximum atomic E-state index is 4.66. The van der Waals surface area contributed by atoms with E-state index in [9.17, 15) is 0 Å². The summed E-state index contributed by atoms with van der Waals surface area (Å²) in [5, 5.41) is 2.82. The number of aryl methyl sites for hydroxylation is 1. The van der Waals surface area contributed by atoms with E-state index in [-0.39, 0.29) is 0 Å². The molecule has 0 saturated heterocycles. The zero-order valence-electron chi connectivity index (χ0n) is 9.51. The molecule has 3 rings (SSSR count). The van der Waals surface area contributed by atoms with Gasteiger partial charge in [-0.2, -0.15) is 0 Å². The summed E-state index contributed by atoms with van der Waals surface area (Å²) in [6, 6.07) is 0. The van der Waals surface area contributed by atoms with Crippen molar-refractivity contribution in [3.63, 3.8) is 0 Å². The van der Waals surface area contributed by atoms with E-state index in [0.717, 1.165) is 33.2 Å². The number of fused-ring (bicyclic) bond motifs is 1. The monoisotopic (exact) mass is 310 g/mol. The van der Waals surface area contributed by atoms with Gasteiger partial charge in [0.2, 0.25) is 0 Å². The predicted octanol–water partition coefficient (Wildman–Crippen LogP) is 3.09. The molecule has 0 aliphatic rings. The van der Waals surface area contributed by atoms with E-state index in [1.54, 1.807) is 11.3 Å². The molecule has 0 spiro atoms. The quantitative estimate of drug-likeness (QED) is 0.682. The van der Waals surface area contributed by atoms with Gasteiger partial charge >= 0.3 is 0 Å². The summed E-state index contributed by atoms with van der Waals surface area (Å²) in [6.07, 6.45) is 3.88. The highest BCUT2D eigenvalue weighted by Crippen LogP contribution is 2.24. The van der Waals surface area contributed by atoms with Crippen LogP contribution in [0, 0.1) is 13.8 Å². The average molecular weight is 311 g/mol. The van der Waals surface area contributed by atoms with Crippen LogP contribution in [0.4, 0.5) is 0 Å². The Labute approximate surface area is 111 Å². The summed E-state index contributed by atoms with van der Waals surface area (Å²) >= 11 is 5.17. The highest BCUT2D eigenvalue weighted by molar-refractivity contribution is 9.08. The zero-order valence-corrected chi connectivity index (χ0v) is 11.9. The van der Waals surface area contributed by atoms with Gasteiger partial charge < -0.3 is 0 Å². The van der Waals surface area contributed by atoms with Crippen LogP contribution in [0.1, 0.15) is 17.1 Å². The largest absolute Gasteiger partial charge is 0.292 e. The minimum absolute atomic E-state index is 0.775. The SMILES string of the molecule is Cc1ncn(-c2nc3sccn3c2CBr)c1C. The number of hydrogen-bond acceptors (Lipinski definition) is 3. The topological polar surface area (TPSA) is 35.1 Å². The van der Waals surface area contributed by atoms with Gasteiger partial charge in [-0.3, -0.25) is 8.97 Å². The number of alkyl halides is 1. The van der Waals surface area contributed by atoms with Gasteiger partial charge in [0, 0.05) is 22.6 Å². The van der Waals surface area contributed by atoms with Crippen molar-refractivity contribution >= 4 is 32.2 Å². The normalized spacial score (nSPS) is 11.5. The molecule has 0 bridgehead atoms. The fraction of sp³-hybridized carbons (Fsp3) is 0.273. The lowest BCUT2D eigenvalue weighted by molar-refractivity contribution is 0.944. The number of hydrogen-bond donors (Lipinski definition) is 0. The Hall–Kier alpha value is -1.14. The molecule has 0 aliphatic heterocycles. The van der Waals surface area contributed by atoms with Gasteiger partial charge in [-0.05, 0) is 13.8 Å². The second kappa shape index (κ2) is 3.96. The van der Waals surface area contributed by atoms with E-state index in [1.165, 1.54) is 0 Å². The van der Waals surface area contributed by atoms with Gasteiger partial charge in [-0.15, -0.1) is 11.3 Å². The fourth-order valence-electron chi connectivity index (χ4n) is 1.85. The molecular weight excluding hydrogens is 300 g/mol. The Bertz CT molecular complexity index is 679. The molecule has 6 heteroatoms. The van der Waals surface area contributed by atoms with Crippen LogP contribution >= 0.6 is 27.3 Å². The third-order valence-electron chi connectivity index (χ3n) is 2.95. The van der Waals surface area contributed by atoms with Crippen molar-refractivity contribution in [2.45, 2.75) is 19.2 Å². The van der Waals surface area contributed by atoms with Crippen molar-refractivity contribution in [1.29, 1.82) is 0 Å². The molecule has 3 aromatic heterocycles. The van der Waals surface area contributed by atoms with Crippen molar-refractivity contribution in [1.82, 2.24) is 18.9 Å². The summed E-state index contributed by atoms with van der Waals surface area (Å²) in [4.78, 5) is 10.0. The van der Waals surface area contributed by atoms with Crippen LogP contribution in [0.15, 0.2) is 17.9 Å². The third-order valence-corrected chi connectivity index (χ3v) is 4.23. The maximum Gasteiger partial charge on any atom is 0.195 e. The van der Waals surface area contributed by atoms with Gasteiger partial charge in [-0.1, -0.05) is 15.9 Å². The van der Waals surface area contributed by atoms with Crippen LogP contribution in [-0.4, -0.2) is 18.9 Å². The predicted molar refractivity (Wildman–Crippen MR) is 72.3 cm³/mol. The number of nitrogens with zero attached hydrogens (tertiary/aromatic N) is 4. The van der Waals surface area contributed by atoms with Gasteiger partial charge in [0.05, 0.1) is 11.4 Å². The maximum absolute atomic E-state index is 4.66. The van der Waals surface area contributed by atoms with Crippen molar-refractivity contribution in [2.24, 2.45) is 0 Å². The Morgan fingerprint density at radius 2 is 2.24 bits per heavy atom. The highest BCUT2D eigenvalue weighted by atomic mass is 79.9. The molecule has 17 heavy (non-hydrogen) atoms. The molecule has 3 aromatic rings. The van der Waals surface area contributed by atoms with E-state index < -0.39 is 0 Å². The molecule has 0 amide bonds. The first-order valence-electron chi connectivity index (χ1n) is 5.23. The number of halogens is 1. The molecule has 0 fully saturated rings. The van der Waals surface area contributed by atoms with Crippen LogP contribution < -0.4 is 0 Å². The van der Waals surface area contributed by atoms with E-state index in [2.05, 4.69) is 37.2 Å². The molecule has 0 saturated carbocycles.